The normalized spacial score (nSPS) is 11.9. The predicted octanol–water partition coefficient (Wildman–Crippen LogP) is 2.31. The molecule has 0 aliphatic carbocycles. The molecule has 0 radical (unpaired) electrons. The smallest absolute Gasteiger partial charge is 0.318 e. The summed E-state index contributed by atoms with van der Waals surface area (Å²) in [6.45, 7) is 2.17. The van der Waals surface area contributed by atoms with Gasteiger partial charge in [0, 0.05) is 4.88 Å². The summed E-state index contributed by atoms with van der Waals surface area (Å²) >= 11 is 8.46. The zero-order valence-electron chi connectivity index (χ0n) is 10.1. The average molecular weight is 308 g/mol. The van der Waals surface area contributed by atoms with Gasteiger partial charge in [-0.25, -0.2) is 0 Å². The number of nitrogens with one attached hydrogen (secondary N) is 1. The van der Waals surface area contributed by atoms with Gasteiger partial charge in [0.2, 0.25) is 5.91 Å². The molecule has 0 aliphatic rings. The van der Waals surface area contributed by atoms with Gasteiger partial charge in [0.25, 0.3) is 0 Å². The number of hydrogen-bond donors (Lipinski definition) is 1. The van der Waals surface area contributed by atoms with Crippen molar-refractivity contribution in [3.8, 4) is 0 Å². The average Bonchev–Trinajstić information content (AvgIpc) is 2.78. The molecule has 1 heterocycles. The number of carbonyl (C=O) groups excluding carboxylic acids is 2. The molecule has 0 saturated heterocycles. The molecule has 4 nitrogen and oxygen atoms in total. The highest BCUT2D eigenvalue weighted by atomic mass is 35.5. The van der Waals surface area contributed by atoms with Gasteiger partial charge in [-0.1, -0.05) is 11.6 Å². The summed E-state index contributed by atoms with van der Waals surface area (Å²) in [5.74, 6) is -0.201. The summed E-state index contributed by atoms with van der Waals surface area (Å²) in [4.78, 5) is 23.6. The molecule has 1 unspecified atom stereocenters. The van der Waals surface area contributed by atoms with Crippen LogP contribution in [0, 0.1) is 0 Å². The number of amides is 1. The second-order valence-corrected chi connectivity index (χ2v) is 6.59. The number of esters is 1. The molecule has 0 fully saturated rings. The summed E-state index contributed by atoms with van der Waals surface area (Å²) in [5.41, 5.74) is 0. The maximum absolute atomic E-state index is 11.5. The van der Waals surface area contributed by atoms with Crippen LogP contribution in [0.5, 0.6) is 0 Å². The number of thiophene rings is 1. The Balaban J connectivity index is 2.24. The zero-order valence-corrected chi connectivity index (χ0v) is 12.5. The second kappa shape index (κ2) is 7.66. The van der Waals surface area contributed by atoms with Crippen LogP contribution in [0.15, 0.2) is 12.1 Å². The van der Waals surface area contributed by atoms with E-state index >= 15 is 0 Å². The summed E-state index contributed by atoms with van der Waals surface area (Å²) in [7, 11) is 1.33. The molecule has 18 heavy (non-hydrogen) atoms. The minimum absolute atomic E-state index is 0.111. The fourth-order valence-corrected chi connectivity index (χ4v) is 2.88. The van der Waals surface area contributed by atoms with Crippen LogP contribution < -0.4 is 5.32 Å². The Bertz CT molecular complexity index is 422. The van der Waals surface area contributed by atoms with Crippen LogP contribution in [-0.4, -0.2) is 30.0 Å². The Labute approximate surface area is 119 Å². The quantitative estimate of drug-likeness (QED) is 0.820. The molecule has 1 atom stereocenters. The maximum Gasteiger partial charge on any atom is 0.318 e. The molecule has 1 N–H and O–H groups in total. The van der Waals surface area contributed by atoms with Crippen molar-refractivity contribution in [3.05, 3.63) is 21.3 Å². The minimum Gasteiger partial charge on any atom is -0.468 e. The van der Waals surface area contributed by atoms with Crippen molar-refractivity contribution in [1.29, 1.82) is 0 Å². The first-order valence-electron chi connectivity index (χ1n) is 5.23. The fraction of sp³-hybridized carbons (Fsp3) is 0.455. The number of hydrogen-bond acceptors (Lipinski definition) is 5. The van der Waals surface area contributed by atoms with Crippen LogP contribution in [0.3, 0.4) is 0 Å². The molecular formula is C11H14ClNO3S2. The zero-order chi connectivity index (χ0) is 13.5. The van der Waals surface area contributed by atoms with Gasteiger partial charge in [-0.2, -0.15) is 0 Å². The van der Waals surface area contributed by atoms with Gasteiger partial charge in [-0.3, -0.25) is 9.59 Å². The molecule has 1 aromatic rings. The SMILES string of the molecule is COC(=O)C(C)SCC(=O)NCc1ccc(Cl)s1. The van der Waals surface area contributed by atoms with E-state index in [1.165, 1.54) is 30.2 Å². The Morgan fingerprint density at radius 2 is 2.28 bits per heavy atom. The lowest BCUT2D eigenvalue weighted by Crippen LogP contribution is -2.26. The van der Waals surface area contributed by atoms with Crippen LogP contribution in [0.1, 0.15) is 11.8 Å². The number of carbonyl (C=O) groups is 2. The molecule has 1 amide bonds. The van der Waals surface area contributed by atoms with Crippen LogP contribution >= 0.6 is 34.7 Å². The van der Waals surface area contributed by atoms with Gasteiger partial charge in [-0.05, 0) is 19.1 Å². The lowest BCUT2D eigenvalue weighted by molar-refractivity contribution is -0.139. The Morgan fingerprint density at radius 1 is 1.56 bits per heavy atom. The van der Waals surface area contributed by atoms with Crippen molar-refractivity contribution in [2.45, 2.75) is 18.7 Å². The molecule has 7 heteroatoms. The topological polar surface area (TPSA) is 55.4 Å². The van der Waals surface area contributed by atoms with Crippen LogP contribution in [0.25, 0.3) is 0 Å². The molecular weight excluding hydrogens is 294 g/mol. The molecule has 0 spiro atoms. The molecule has 0 aromatic carbocycles. The largest absolute Gasteiger partial charge is 0.468 e. The number of ether oxygens (including phenoxy) is 1. The van der Waals surface area contributed by atoms with Gasteiger partial charge in [-0.15, -0.1) is 23.1 Å². The van der Waals surface area contributed by atoms with E-state index in [-0.39, 0.29) is 22.9 Å². The van der Waals surface area contributed by atoms with Crippen LogP contribution in [0.2, 0.25) is 4.34 Å². The lowest BCUT2D eigenvalue weighted by Gasteiger charge is -2.08. The van der Waals surface area contributed by atoms with Gasteiger partial charge < -0.3 is 10.1 Å². The number of rotatable bonds is 6. The summed E-state index contributed by atoms with van der Waals surface area (Å²) in [5, 5.41) is 2.43. The first-order valence-corrected chi connectivity index (χ1v) is 7.47. The highest BCUT2D eigenvalue weighted by molar-refractivity contribution is 8.01. The summed E-state index contributed by atoms with van der Waals surface area (Å²) in [6.07, 6.45) is 0. The highest BCUT2D eigenvalue weighted by Crippen LogP contribution is 2.21. The third-order valence-corrected chi connectivity index (χ3v) is 4.44. The van der Waals surface area contributed by atoms with Gasteiger partial charge >= 0.3 is 5.97 Å². The van der Waals surface area contributed by atoms with Crippen molar-refractivity contribution in [3.63, 3.8) is 0 Å². The van der Waals surface area contributed by atoms with Crippen molar-refractivity contribution in [1.82, 2.24) is 5.32 Å². The number of methoxy groups -OCH3 is 1. The Hall–Kier alpha value is -0.720. The van der Waals surface area contributed by atoms with Crippen LogP contribution in [-0.2, 0) is 20.9 Å². The predicted molar refractivity (Wildman–Crippen MR) is 75.1 cm³/mol. The third kappa shape index (κ3) is 5.29. The third-order valence-electron chi connectivity index (χ3n) is 2.09. The molecule has 100 valence electrons. The van der Waals surface area contributed by atoms with Crippen LogP contribution in [0.4, 0.5) is 0 Å². The number of halogens is 1. The van der Waals surface area contributed by atoms with E-state index < -0.39 is 0 Å². The van der Waals surface area contributed by atoms with E-state index in [9.17, 15) is 9.59 Å². The van der Waals surface area contributed by atoms with E-state index in [4.69, 9.17) is 11.6 Å². The Morgan fingerprint density at radius 3 is 2.83 bits per heavy atom. The van der Waals surface area contributed by atoms with Gasteiger partial charge in [0.1, 0.15) is 5.25 Å². The maximum atomic E-state index is 11.5. The number of thioether (sulfide) groups is 1. The second-order valence-electron chi connectivity index (χ2n) is 3.46. The standard InChI is InChI=1S/C11H14ClNO3S2/c1-7(11(15)16-2)17-6-10(14)13-5-8-3-4-9(12)18-8/h3-4,7H,5-6H2,1-2H3,(H,13,14). The highest BCUT2D eigenvalue weighted by Gasteiger charge is 2.15. The molecule has 1 rings (SSSR count). The lowest BCUT2D eigenvalue weighted by atomic mass is 10.4. The van der Waals surface area contributed by atoms with Gasteiger partial charge in [0.05, 0.1) is 23.7 Å². The summed E-state index contributed by atoms with van der Waals surface area (Å²) in [6, 6.07) is 3.67. The molecule has 1 aromatic heterocycles. The van der Waals surface area contributed by atoms with Crippen molar-refractivity contribution < 1.29 is 14.3 Å². The van der Waals surface area contributed by atoms with E-state index in [0.717, 1.165) is 4.88 Å². The molecule has 0 aliphatic heterocycles. The van der Waals surface area contributed by atoms with E-state index in [2.05, 4.69) is 10.1 Å². The minimum atomic E-state index is -0.336. The summed E-state index contributed by atoms with van der Waals surface area (Å²) < 4.78 is 5.27. The monoisotopic (exact) mass is 307 g/mol. The fourth-order valence-electron chi connectivity index (χ4n) is 1.12. The molecule has 0 saturated carbocycles. The van der Waals surface area contributed by atoms with E-state index in [1.54, 1.807) is 13.0 Å². The van der Waals surface area contributed by atoms with Crippen molar-refractivity contribution in [2.24, 2.45) is 0 Å². The van der Waals surface area contributed by atoms with Crippen molar-refractivity contribution >= 4 is 46.6 Å². The molecule has 0 bridgehead atoms. The van der Waals surface area contributed by atoms with Gasteiger partial charge in [0.15, 0.2) is 0 Å². The first-order chi connectivity index (χ1) is 8.52. The Kier molecular flexibility index (Phi) is 6.52. The van der Waals surface area contributed by atoms with E-state index in [1.807, 2.05) is 6.07 Å². The first kappa shape index (κ1) is 15.3. The van der Waals surface area contributed by atoms with E-state index in [0.29, 0.717) is 10.9 Å². The van der Waals surface area contributed by atoms with Crippen molar-refractivity contribution in [2.75, 3.05) is 12.9 Å².